The zero-order valence-corrected chi connectivity index (χ0v) is 11.7. The largest absolute Gasteiger partial charge is 0.323 e. The van der Waals surface area contributed by atoms with Crippen molar-refractivity contribution in [2.45, 2.75) is 13.0 Å². The van der Waals surface area contributed by atoms with E-state index in [1.807, 2.05) is 6.07 Å². The molecule has 0 radical (unpaired) electrons. The van der Waals surface area contributed by atoms with E-state index in [1.54, 1.807) is 12.1 Å². The van der Waals surface area contributed by atoms with Crippen molar-refractivity contribution in [1.29, 1.82) is 0 Å². The smallest absolute Gasteiger partial charge is 0.279 e. The standard InChI is InChI=1S/C17H17FN2O/c18-15-5-7-16(8-6-15)19-17(21)12-20-10-9-13-3-1-2-4-14(13)11-20/h1-8H,9-12H2,(H,19,21)/p+1. The molecule has 0 saturated heterocycles. The minimum absolute atomic E-state index is 0.0315. The second kappa shape index (κ2) is 6.06. The molecular formula is C17H18FN2O+. The van der Waals surface area contributed by atoms with Crippen molar-refractivity contribution in [1.82, 2.24) is 0 Å². The van der Waals surface area contributed by atoms with Crippen molar-refractivity contribution in [2.75, 3.05) is 18.4 Å². The van der Waals surface area contributed by atoms with E-state index < -0.39 is 0 Å². The average molecular weight is 285 g/mol. The van der Waals surface area contributed by atoms with Crippen LogP contribution < -0.4 is 10.2 Å². The van der Waals surface area contributed by atoms with E-state index in [2.05, 4.69) is 23.5 Å². The molecule has 1 heterocycles. The van der Waals surface area contributed by atoms with Gasteiger partial charge in [-0.25, -0.2) is 4.39 Å². The Labute approximate surface area is 123 Å². The van der Waals surface area contributed by atoms with Gasteiger partial charge in [-0.3, -0.25) is 4.79 Å². The lowest BCUT2D eigenvalue weighted by Crippen LogP contribution is -3.12. The predicted octanol–water partition coefficient (Wildman–Crippen LogP) is 1.41. The number of quaternary nitrogens is 1. The SMILES string of the molecule is O=C(C[NH+]1CCc2ccccc2C1)Nc1ccc(F)cc1. The summed E-state index contributed by atoms with van der Waals surface area (Å²) in [6.45, 7) is 2.28. The summed E-state index contributed by atoms with van der Waals surface area (Å²) in [5, 5.41) is 2.81. The van der Waals surface area contributed by atoms with Gasteiger partial charge in [-0.15, -0.1) is 0 Å². The Morgan fingerprint density at radius 3 is 2.57 bits per heavy atom. The van der Waals surface area contributed by atoms with Crippen LogP contribution in [0, 0.1) is 5.82 Å². The summed E-state index contributed by atoms with van der Waals surface area (Å²) in [6, 6.07) is 14.2. The van der Waals surface area contributed by atoms with E-state index >= 15 is 0 Å². The molecule has 2 N–H and O–H groups in total. The molecule has 3 nitrogen and oxygen atoms in total. The highest BCUT2D eigenvalue weighted by molar-refractivity contribution is 5.91. The first-order valence-corrected chi connectivity index (χ1v) is 7.16. The summed E-state index contributed by atoms with van der Waals surface area (Å²) >= 11 is 0. The molecule has 0 saturated carbocycles. The lowest BCUT2D eigenvalue weighted by atomic mass is 10.00. The van der Waals surface area contributed by atoms with Crippen molar-refractivity contribution >= 4 is 11.6 Å². The highest BCUT2D eigenvalue weighted by Crippen LogP contribution is 2.10. The molecule has 1 amide bonds. The molecule has 0 aliphatic carbocycles. The van der Waals surface area contributed by atoms with Crippen molar-refractivity contribution in [3.8, 4) is 0 Å². The van der Waals surface area contributed by atoms with Gasteiger partial charge < -0.3 is 10.2 Å². The van der Waals surface area contributed by atoms with E-state index in [0.29, 0.717) is 12.2 Å². The molecule has 3 rings (SSSR count). The van der Waals surface area contributed by atoms with Crippen molar-refractivity contribution in [2.24, 2.45) is 0 Å². The molecule has 4 heteroatoms. The molecular weight excluding hydrogens is 267 g/mol. The quantitative estimate of drug-likeness (QED) is 0.878. The summed E-state index contributed by atoms with van der Waals surface area (Å²) in [5.74, 6) is -0.331. The third-order valence-electron chi connectivity index (χ3n) is 3.85. The van der Waals surface area contributed by atoms with Crippen LogP contribution in [0.5, 0.6) is 0 Å². The molecule has 0 bridgehead atoms. The number of hydrogen-bond acceptors (Lipinski definition) is 1. The van der Waals surface area contributed by atoms with Crippen molar-refractivity contribution in [3.63, 3.8) is 0 Å². The number of hydrogen-bond donors (Lipinski definition) is 2. The van der Waals surface area contributed by atoms with Gasteiger partial charge in [-0.1, -0.05) is 24.3 Å². The van der Waals surface area contributed by atoms with E-state index in [9.17, 15) is 9.18 Å². The Morgan fingerprint density at radius 2 is 1.81 bits per heavy atom. The van der Waals surface area contributed by atoms with Gasteiger partial charge in [0, 0.05) is 17.7 Å². The maximum absolute atomic E-state index is 12.8. The first-order chi connectivity index (χ1) is 10.2. The molecule has 1 aliphatic heterocycles. The number of benzene rings is 2. The number of carbonyl (C=O) groups excluding carboxylic acids is 1. The summed E-state index contributed by atoms with van der Waals surface area (Å²) in [6.07, 6.45) is 1.01. The van der Waals surface area contributed by atoms with Gasteiger partial charge in [-0.05, 0) is 29.8 Å². The highest BCUT2D eigenvalue weighted by atomic mass is 19.1. The molecule has 1 atom stereocenters. The van der Waals surface area contributed by atoms with E-state index in [4.69, 9.17) is 0 Å². The molecule has 1 unspecified atom stereocenters. The minimum Gasteiger partial charge on any atom is -0.323 e. The molecule has 108 valence electrons. The van der Waals surface area contributed by atoms with E-state index in [0.717, 1.165) is 19.5 Å². The molecule has 21 heavy (non-hydrogen) atoms. The fourth-order valence-corrected chi connectivity index (χ4v) is 2.76. The van der Waals surface area contributed by atoms with Gasteiger partial charge in [-0.2, -0.15) is 0 Å². The Balaban J connectivity index is 1.57. The highest BCUT2D eigenvalue weighted by Gasteiger charge is 2.21. The molecule has 2 aromatic carbocycles. The maximum atomic E-state index is 12.8. The Kier molecular flexibility index (Phi) is 3.97. The van der Waals surface area contributed by atoms with E-state index in [1.165, 1.54) is 28.2 Å². The van der Waals surface area contributed by atoms with Gasteiger partial charge in [0.2, 0.25) is 0 Å². The fourth-order valence-electron chi connectivity index (χ4n) is 2.76. The zero-order chi connectivity index (χ0) is 14.7. The number of amides is 1. The lowest BCUT2D eigenvalue weighted by molar-refractivity contribution is -0.907. The van der Waals surface area contributed by atoms with Gasteiger partial charge in [0.25, 0.3) is 5.91 Å². The number of carbonyl (C=O) groups is 1. The van der Waals surface area contributed by atoms with Crippen LogP contribution in [0.25, 0.3) is 0 Å². The minimum atomic E-state index is -0.300. The summed E-state index contributed by atoms with van der Waals surface area (Å²) in [7, 11) is 0. The third-order valence-corrected chi connectivity index (χ3v) is 3.85. The molecule has 0 fully saturated rings. The zero-order valence-electron chi connectivity index (χ0n) is 11.7. The molecule has 0 aromatic heterocycles. The Morgan fingerprint density at radius 1 is 1.10 bits per heavy atom. The van der Waals surface area contributed by atoms with Crippen LogP contribution in [0.15, 0.2) is 48.5 Å². The topological polar surface area (TPSA) is 33.5 Å². The Bertz CT molecular complexity index is 639. The molecule has 0 spiro atoms. The fraction of sp³-hybridized carbons (Fsp3) is 0.235. The Hall–Kier alpha value is -2.20. The molecule has 1 aliphatic rings. The number of nitrogens with one attached hydrogen (secondary N) is 2. The van der Waals surface area contributed by atoms with Crippen molar-refractivity contribution in [3.05, 3.63) is 65.5 Å². The van der Waals surface area contributed by atoms with Crippen molar-refractivity contribution < 1.29 is 14.1 Å². The summed E-state index contributed by atoms with van der Waals surface area (Å²) < 4.78 is 12.8. The number of rotatable bonds is 3. The van der Waals surface area contributed by atoms with Crippen LogP contribution in [0.4, 0.5) is 10.1 Å². The van der Waals surface area contributed by atoms with Crippen LogP contribution in [0.2, 0.25) is 0 Å². The second-order valence-electron chi connectivity index (χ2n) is 5.43. The van der Waals surface area contributed by atoms with Gasteiger partial charge in [0.05, 0.1) is 6.54 Å². The number of anilines is 1. The predicted molar refractivity (Wildman–Crippen MR) is 79.6 cm³/mol. The van der Waals surface area contributed by atoms with E-state index in [-0.39, 0.29) is 11.7 Å². The number of halogens is 1. The van der Waals surface area contributed by atoms with Gasteiger partial charge in [0.15, 0.2) is 6.54 Å². The van der Waals surface area contributed by atoms with Crippen LogP contribution in [-0.4, -0.2) is 19.0 Å². The van der Waals surface area contributed by atoms with Crippen LogP contribution >= 0.6 is 0 Å². The van der Waals surface area contributed by atoms with Gasteiger partial charge in [0.1, 0.15) is 12.4 Å². The molecule has 2 aromatic rings. The average Bonchev–Trinajstić information content (AvgIpc) is 2.49. The first-order valence-electron chi connectivity index (χ1n) is 7.16. The maximum Gasteiger partial charge on any atom is 0.279 e. The summed E-state index contributed by atoms with van der Waals surface area (Å²) in [4.78, 5) is 13.3. The van der Waals surface area contributed by atoms with Gasteiger partial charge >= 0.3 is 0 Å². The number of fused-ring (bicyclic) bond motifs is 1. The monoisotopic (exact) mass is 285 g/mol. The normalized spacial score (nSPS) is 17.1. The summed E-state index contributed by atoms with van der Waals surface area (Å²) in [5.41, 5.74) is 3.35. The van der Waals surface area contributed by atoms with Crippen LogP contribution in [-0.2, 0) is 17.8 Å². The first kappa shape index (κ1) is 13.8. The lowest BCUT2D eigenvalue weighted by Gasteiger charge is -2.25. The third kappa shape index (κ3) is 3.47. The second-order valence-corrected chi connectivity index (χ2v) is 5.43. The van der Waals surface area contributed by atoms with Crippen LogP contribution in [0.3, 0.4) is 0 Å². The van der Waals surface area contributed by atoms with Crippen LogP contribution in [0.1, 0.15) is 11.1 Å².